The van der Waals surface area contributed by atoms with Crippen molar-refractivity contribution >= 4 is 17.4 Å². The molecule has 0 spiro atoms. The minimum atomic E-state index is -0.0677. The first kappa shape index (κ1) is 10.9. The number of nitrogens with zero attached hydrogens (tertiary/aromatic N) is 2. The van der Waals surface area contributed by atoms with Gasteiger partial charge in [-0.3, -0.25) is 9.48 Å². The number of hydrogen-bond acceptors (Lipinski definition) is 2. The Labute approximate surface area is 98.7 Å². The van der Waals surface area contributed by atoms with E-state index in [1.165, 1.54) is 0 Å². The first-order valence-corrected chi connectivity index (χ1v) is 5.26. The van der Waals surface area contributed by atoms with Gasteiger partial charge in [0.1, 0.15) is 5.69 Å². The fraction of sp³-hybridized carbons (Fsp3) is 0.167. The van der Waals surface area contributed by atoms with Crippen LogP contribution in [0.3, 0.4) is 0 Å². The van der Waals surface area contributed by atoms with Crippen molar-refractivity contribution in [2.45, 2.75) is 6.92 Å². The minimum Gasteiger partial charge on any atom is -0.287 e. The van der Waals surface area contributed by atoms with Gasteiger partial charge in [0.25, 0.3) is 0 Å². The maximum absolute atomic E-state index is 12.1. The van der Waals surface area contributed by atoms with Crippen LogP contribution in [0, 0.1) is 6.92 Å². The summed E-state index contributed by atoms with van der Waals surface area (Å²) in [6.07, 6.45) is 1.60. The van der Waals surface area contributed by atoms with Crippen LogP contribution < -0.4 is 0 Å². The molecule has 0 radical (unpaired) electrons. The molecule has 0 saturated heterocycles. The van der Waals surface area contributed by atoms with Crippen molar-refractivity contribution in [3.63, 3.8) is 0 Å². The molecule has 0 N–H and O–H groups in total. The molecule has 0 aliphatic carbocycles. The van der Waals surface area contributed by atoms with Crippen molar-refractivity contribution in [2.24, 2.45) is 7.05 Å². The summed E-state index contributed by atoms with van der Waals surface area (Å²) in [5.41, 5.74) is 2.10. The molecule has 0 amide bonds. The number of hydrogen-bond donors (Lipinski definition) is 0. The predicted molar refractivity (Wildman–Crippen MR) is 62.8 cm³/mol. The van der Waals surface area contributed by atoms with Gasteiger partial charge in [0.2, 0.25) is 5.78 Å². The van der Waals surface area contributed by atoms with Crippen LogP contribution >= 0.6 is 11.6 Å². The molecule has 0 unspecified atom stereocenters. The summed E-state index contributed by atoms with van der Waals surface area (Å²) in [7, 11) is 1.74. The van der Waals surface area contributed by atoms with E-state index in [0.717, 1.165) is 5.56 Å². The zero-order chi connectivity index (χ0) is 11.7. The van der Waals surface area contributed by atoms with Crippen LogP contribution in [0.2, 0.25) is 5.02 Å². The van der Waals surface area contributed by atoms with Crippen LogP contribution in [0.25, 0.3) is 0 Å². The van der Waals surface area contributed by atoms with Gasteiger partial charge in [-0.2, -0.15) is 5.10 Å². The lowest BCUT2D eigenvalue weighted by Gasteiger charge is -2.03. The molecule has 82 valence electrons. The second-order valence-corrected chi connectivity index (χ2v) is 4.04. The topological polar surface area (TPSA) is 34.9 Å². The Hall–Kier alpha value is -1.61. The quantitative estimate of drug-likeness (QED) is 0.749. The monoisotopic (exact) mass is 234 g/mol. The van der Waals surface area contributed by atoms with Crippen LogP contribution in [0.5, 0.6) is 0 Å². The lowest BCUT2D eigenvalue weighted by Crippen LogP contribution is -2.08. The predicted octanol–water partition coefficient (Wildman–Crippen LogP) is 2.61. The van der Waals surface area contributed by atoms with Gasteiger partial charge in [-0.05, 0) is 24.6 Å². The minimum absolute atomic E-state index is 0.0677. The van der Waals surface area contributed by atoms with Crippen molar-refractivity contribution in [2.75, 3.05) is 0 Å². The van der Waals surface area contributed by atoms with Gasteiger partial charge in [-0.1, -0.05) is 23.7 Å². The van der Waals surface area contributed by atoms with Gasteiger partial charge in [0, 0.05) is 23.8 Å². The molecule has 0 aliphatic rings. The average Bonchev–Trinajstić information content (AvgIpc) is 2.67. The van der Waals surface area contributed by atoms with Gasteiger partial charge >= 0.3 is 0 Å². The van der Waals surface area contributed by atoms with E-state index in [1.54, 1.807) is 36.1 Å². The molecular weight excluding hydrogens is 224 g/mol. The summed E-state index contributed by atoms with van der Waals surface area (Å²) >= 11 is 5.98. The number of carbonyl (C=O) groups excluding carboxylic acids is 1. The van der Waals surface area contributed by atoms with E-state index >= 15 is 0 Å². The van der Waals surface area contributed by atoms with Crippen molar-refractivity contribution in [1.29, 1.82) is 0 Å². The number of ketones is 1. The summed E-state index contributed by atoms with van der Waals surface area (Å²) in [5, 5.41) is 4.57. The molecule has 1 heterocycles. The Kier molecular flexibility index (Phi) is 2.79. The van der Waals surface area contributed by atoms with E-state index in [4.69, 9.17) is 11.6 Å². The second-order valence-electron chi connectivity index (χ2n) is 3.63. The highest BCUT2D eigenvalue weighted by molar-refractivity contribution is 6.31. The number of carbonyl (C=O) groups is 1. The van der Waals surface area contributed by atoms with Gasteiger partial charge in [-0.15, -0.1) is 0 Å². The summed E-state index contributed by atoms with van der Waals surface area (Å²) < 4.78 is 1.55. The Morgan fingerprint density at radius 2 is 2.12 bits per heavy atom. The second kappa shape index (κ2) is 4.10. The summed E-state index contributed by atoms with van der Waals surface area (Å²) in [5.74, 6) is -0.0677. The van der Waals surface area contributed by atoms with Gasteiger partial charge in [-0.25, -0.2) is 0 Å². The molecule has 0 bridgehead atoms. The fourth-order valence-corrected chi connectivity index (χ4v) is 1.66. The number of aryl methyl sites for hydroxylation is 2. The zero-order valence-corrected chi connectivity index (χ0v) is 9.82. The van der Waals surface area contributed by atoms with Crippen LogP contribution in [-0.2, 0) is 7.05 Å². The zero-order valence-electron chi connectivity index (χ0n) is 9.07. The molecule has 4 heteroatoms. The summed E-state index contributed by atoms with van der Waals surface area (Å²) in [6, 6.07) is 6.99. The highest BCUT2D eigenvalue weighted by Crippen LogP contribution is 2.18. The highest BCUT2D eigenvalue weighted by Gasteiger charge is 2.13. The van der Waals surface area contributed by atoms with E-state index in [2.05, 4.69) is 5.10 Å². The molecular formula is C12H11ClN2O. The van der Waals surface area contributed by atoms with Crippen LogP contribution in [0.15, 0.2) is 30.5 Å². The van der Waals surface area contributed by atoms with E-state index in [0.29, 0.717) is 16.3 Å². The normalized spacial score (nSPS) is 10.4. The molecule has 1 aromatic heterocycles. The molecule has 16 heavy (non-hydrogen) atoms. The SMILES string of the molecule is Cc1ccc(C(=O)c2ccnn2C)cc1Cl. The van der Waals surface area contributed by atoms with Gasteiger partial charge in [0.05, 0.1) is 0 Å². The average molecular weight is 235 g/mol. The molecule has 2 aromatic rings. The smallest absolute Gasteiger partial charge is 0.211 e. The first-order chi connectivity index (χ1) is 7.59. The van der Waals surface area contributed by atoms with Crippen molar-refractivity contribution in [1.82, 2.24) is 9.78 Å². The first-order valence-electron chi connectivity index (χ1n) is 4.88. The Morgan fingerprint density at radius 3 is 2.69 bits per heavy atom. The third-order valence-electron chi connectivity index (χ3n) is 2.49. The molecule has 3 nitrogen and oxygen atoms in total. The largest absolute Gasteiger partial charge is 0.287 e. The Balaban J connectivity index is 2.42. The number of aromatic nitrogens is 2. The van der Waals surface area contributed by atoms with E-state index in [9.17, 15) is 4.79 Å². The van der Waals surface area contributed by atoms with Crippen molar-refractivity contribution in [3.8, 4) is 0 Å². The maximum atomic E-state index is 12.1. The Morgan fingerprint density at radius 1 is 1.38 bits per heavy atom. The maximum Gasteiger partial charge on any atom is 0.211 e. The van der Waals surface area contributed by atoms with Gasteiger partial charge < -0.3 is 0 Å². The van der Waals surface area contributed by atoms with Crippen molar-refractivity contribution in [3.05, 3.63) is 52.3 Å². The number of halogens is 1. The molecule has 2 rings (SSSR count). The van der Waals surface area contributed by atoms with Crippen LogP contribution in [0.1, 0.15) is 21.6 Å². The van der Waals surface area contributed by atoms with E-state index in [1.807, 2.05) is 13.0 Å². The van der Waals surface area contributed by atoms with E-state index in [-0.39, 0.29) is 5.78 Å². The third kappa shape index (κ3) is 1.86. The molecule has 0 aliphatic heterocycles. The van der Waals surface area contributed by atoms with Crippen LogP contribution in [0.4, 0.5) is 0 Å². The van der Waals surface area contributed by atoms with E-state index < -0.39 is 0 Å². The molecule has 0 atom stereocenters. The van der Waals surface area contributed by atoms with Gasteiger partial charge in [0.15, 0.2) is 0 Å². The van der Waals surface area contributed by atoms with Crippen LogP contribution in [-0.4, -0.2) is 15.6 Å². The fourth-order valence-electron chi connectivity index (χ4n) is 1.48. The lowest BCUT2D eigenvalue weighted by atomic mass is 10.1. The summed E-state index contributed by atoms with van der Waals surface area (Å²) in [4.78, 5) is 12.1. The highest BCUT2D eigenvalue weighted by atomic mass is 35.5. The number of rotatable bonds is 2. The standard InChI is InChI=1S/C12H11ClN2O/c1-8-3-4-9(7-10(8)13)12(16)11-5-6-14-15(11)2/h3-7H,1-2H3. The molecule has 0 saturated carbocycles. The third-order valence-corrected chi connectivity index (χ3v) is 2.89. The van der Waals surface area contributed by atoms with Crippen molar-refractivity contribution < 1.29 is 4.79 Å². The Bertz CT molecular complexity index is 546. The lowest BCUT2D eigenvalue weighted by molar-refractivity contribution is 0.103. The summed E-state index contributed by atoms with van der Waals surface area (Å²) in [6.45, 7) is 1.90. The molecule has 1 aromatic carbocycles. The molecule has 0 fully saturated rings. The number of benzene rings is 1.